The van der Waals surface area contributed by atoms with E-state index in [0.29, 0.717) is 30.2 Å². The molecule has 1 amide bonds. The SMILES string of the molecule is CC(=O)SCC1CC(=O)N(c2nc(Cl)ncc2N)C1. The maximum absolute atomic E-state index is 12.0. The molecule has 0 bridgehead atoms. The maximum Gasteiger partial charge on any atom is 0.228 e. The molecule has 1 saturated heterocycles. The Kier molecular flexibility index (Phi) is 4.26. The third-order valence-corrected chi connectivity index (χ3v) is 3.98. The van der Waals surface area contributed by atoms with Crippen molar-refractivity contribution in [3.8, 4) is 0 Å². The van der Waals surface area contributed by atoms with Crippen LogP contribution in [0.25, 0.3) is 0 Å². The molecule has 102 valence electrons. The summed E-state index contributed by atoms with van der Waals surface area (Å²) in [7, 11) is 0. The van der Waals surface area contributed by atoms with Crippen LogP contribution < -0.4 is 10.6 Å². The molecule has 2 heterocycles. The maximum atomic E-state index is 12.0. The number of hydrogen-bond acceptors (Lipinski definition) is 6. The minimum absolute atomic E-state index is 0.0514. The van der Waals surface area contributed by atoms with Crippen molar-refractivity contribution in [3.63, 3.8) is 0 Å². The number of amides is 1. The monoisotopic (exact) mass is 300 g/mol. The van der Waals surface area contributed by atoms with Gasteiger partial charge in [0.2, 0.25) is 11.2 Å². The van der Waals surface area contributed by atoms with Crippen molar-refractivity contribution in [1.29, 1.82) is 0 Å². The lowest BCUT2D eigenvalue weighted by molar-refractivity contribution is -0.117. The summed E-state index contributed by atoms with van der Waals surface area (Å²) < 4.78 is 0. The van der Waals surface area contributed by atoms with Gasteiger partial charge >= 0.3 is 0 Å². The Bertz CT molecular complexity index is 525. The second-order valence-electron chi connectivity index (χ2n) is 4.30. The van der Waals surface area contributed by atoms with Gasteiger partial charge in [-0.25, -0.2) is 4.98 Å². The first kappa shape index (κ1) is 14.1. The molecule has 0 aromatic carbocycles. The molecule has 1 fully saturated rings. The zero-order valence-corrected chi connectivity index (χ0v) is 11.9. The average Bonchev–Trinajstić information content (AvgIpc) is 2.71. The highest BCUT2D eigenvalue weighted by Crippen LogP contribution is 2.29. The Balaban J connectivity index is 2.11. The smallest absolute Gasteiger partial charge is 0.228 e. The first-order chi connectivity index (χ1) is 8.97. The van der Waals surface area contributed by atoms with E-state index in [1.165, 1.54) is 29.8 Å². The molecule has 2 N–H and O–H groups in total. The van der Waals surface area contributed by atoms with E-state index in [9.17, 15) is 9.59 Å². The quantitative estimate of drug-likeness (QED) is 0.848. The van der Waals surface area contributed by atoms with Crippen LogP contribution >= 0.6 is 23.4 Å². The number of carbonyl (C=O) groups is 2. The third-order valence-electron chi connectivity index (χ3n) is 2.75. The molecule has 1 aromatic heterocycles. The molecule has 0 aliphatic carbocycles. The van der Waals surface area contributed by atoms with Gasteiger partial charge in [-0.15, -0.1) is 0 Å². The van der Waals surface area contributed by atoms with Gasteiger partial charge in [-0.05, 0) is 17.5 Å². The van der Waals surface area contributed by atoms with Crippen molar-refractivity contribution >= 4 is 45.9 Å². The Labute approximate surface area is 119 Å². The number of halogens is 1. The van der Waals surface area contributed by atoms with Crippen molar-refractivity contribution in [2.45, 2.75) is 13.3 Å². The van der Waals surface area contributed by atoms with Crippen LogP contribution in [0.15, 0.2) is 6.20 Å². The Morgan fingerprint density at radius 1 is 1.68 bits per heavy atom. The van der Waals surface area contributed by atoms with Crippen LogP contribution in [-0.2, 0) is 9.59 Å². The van der Waals surface area contributed by atoms with E-state index >= 15 is 0 Å². The molecule has 8 heteroatoms. The number of nitrogens with two attached hydrogens (primary N) is 1. The number of carbonyl (C=O) groups excluding carboxylic acids is 2. The molecule has 1 aliphatic heterocycles. The fourth-order valence-corrected chi connectivity index (χ4v) is 2.73. The predicted molar refractivity (Wildman–Crippen MR) is 75.1 cm³/mol. The number of rotatable bonds is 3. The molecule has 19 heavy (non-hydrogen) atoms. The highest BCUT2D eigenvalue weighted by atomic mass is 35.5. The summed E-state index contributed by atoms with van der Waals surface area (Å²) >= 11 is 6.94. The van der Waals surface area contributed by atoms with E-state index in [0.717, 1.165) is 0 Å². The lowest BCUT2D eigenvalue weighted by Gasteiger charge is -2.17. The van der Waals surface area contributed by atoms with Gasteiger partial charge < -0.3 is 5.73 Å². The number of nitrogen functional groups attached to an aromatic ring is 1. The van der Waals surface area contributed by atoms with Gasteiger partial charge in [0.15, 0.2) is 10.9 Å². The van der Waals surface area contributed by atoms with Gasteiger partial charge in [0.1, 0.15) is 0 Å². The van der Waals surface area contributed by atoms with E-state index in [1.54, 1.807) is 0 Å². The summed E-state index contributed by atoms with van der Waals surface area (Å²) in [5.74, 6) is 1.03. The van der Waals surface area contributed by atoms with Crippen LogP contribution in [0.4, 0.5) is 11.5 Å². The minimum atomic E-state index is -0.0596. The fourth-order valence-electron chi connectivity index (χ4n) is 1.91. The second kappa shape index (κ2) is 5.75. The lowest BCUT2D eigenvalue weighted by Crippen LogP contribution is -2.27. The molecular weight excluding hydrogens is 288 g/mol. The number of thioether (sulfide) groups is 1. The molecule has 0 radical (unpaired) electrons. The van der Waals surface area contributed by atoms with Crippen molar-refractivity contribution in [2.24, 2.45) is 5.92 Å². The van der Waals surface area contributed by atoms with Gasteiger partial charge in [-0.2, -0.15) is 4.98 Å². The highest BCUT2D eigenvalue weighted by Gasteiger charge is 2.32. The summed E-state index contributed by atoms with van der Waals surface area (Å²) in [6.07, 6.45) is 1.77. The Morgan fingerprint density at radius 2 is 2.42 bits per heavy atom. The van der Waals surface area contributed by atoms with E-state index in [1.807, 2.05) is 0 Å². The first-order valence-corrected chi connectivity index (χ1v) is 7.05. The van der Waals surface area contributed by atoms with E-state index in [4.69, 9.17) is 17.3 Å². The van der Waals surface area contributed by atoms with Gasteiger partial charge in [0.25, 0.3) is 0 Å². The van der Waals surface area contributed by atoms with Gasteiger partial charge in [-0.3, -0.25) is 14.5 Å². The van der Waals surface area contributed by atoms with E-state index < -0.39 is 0 Å². The van der Waals surface area contributed by atoms with Crippen molar-refractivity contribution in [3.05, 3.63) is 11.5 Å². The summed E-state index contributed by atoms with van der Waals surface area (Å²) in [5, 5.41) is 0.106. The topological polar surface area (TPSA) is 89.2 Å². The summed E-state index contributed by atoms with van der Waals surface area (Å²) in [6, 6.07) is 0. The van der Waals surface area contributed by atoms with Crippen LogP contribution in [0.3, 0.4) is 0 Å². The molecule has 6 nitrogen and oxygen atoms in total. The van der Waals surface area contributed by atoms with Gasteiger partial charge in [-0.1, -0.05) is 11.8 Å². The van der Waals surface area contributed by atoms with E-state index in [2.05, 4.69) is 9.97 Å². The molecular formula is C11H13ClN4O2S. The number of aromatic nitrogens is 2. The predicted octanol–water partition coefficient (Wildman–Crippen LogP) is 1.34. The Morgan fingerprint density at radius 3 is 3.11 bits per heavy atom. The first-order valence-electron chi connectivity index (χ1n) is 5.69. The molecule has 2 rings (SSSR count). The fraction of sp³-hybridized carbons (Fsp3) is 0.455. The zero-order chi connectivity index (χ0) is 14.0. The largest absolute Gasteiger partial charge is 0.394 e. The number of nitrogens with zero attached hydrogens (tertiary/aromatic N) is 3. The Hall–Kier alpha value is -1.34. The van der Waals surface area contributed by atoms with Crippen LogP contribution in [0.2, 0.25) is 5.28 Å². The van der Waals surface area contributed by atoms with Crippen molar-refractivity contribution in [2.75, 3.05) is 22.9 Å². The third kappa shape index (κ3) is 3.36. The molecule has 1 aromatic rings. The van der Waals surface area contributed by atoms with Crippen LogP contribution in [0.1, 0.15) is 13.3 Å². The molecule has 1 unspecified atom stereocenters. The van der Waals surface area contributed by atoms with E-state index in [-0.39, 0.29) is 22.2 Å². The van der Waals surface area contributed by atoms with Crippen molar-refractivity contribution in [1.82, 2.24) is 9.97 Å². The van der Waals surface area contributed by atoms with Crippen LogP contribution in [-0.4, -0.2) is 33.3 Å². The van der Waals surface area contributed by atoms with Crippen molar-refractivity contribution < 1.29 is 9.59 Å². The van der Waals surface area contributed by atoms with Gasteiger partial charge in [0.05, 0.1) is 11.9 Å². The zero-order valence-electron chi connectivity index (χ0n) is 10.3. The summed E-state index contributed by atoms with van der Waals surface area (Å²) in [4.78, 5) is 32.2. The van der Waals surface area contributed by atoms with Gasteiger partial charge in [0, 0.05) is 25.6 Å². The standard InChI is InChI=1S/C11H13ClN4O2S/c1-6(17)19-5-7-2-9(18)16(4-7)10-8(13)3-14-11(12)15-10/h3,7H,2,4-5,13H2,1H3. The molecule has 0 spiro atoms. The normalized spacial score (nSPS) is 18.9. The number of anilines is 2. The second-order valence-corrected chi connectivity index (χ2v) is 5.83. The molecule has 1 aliphatic rings. The highest BCUT2D eigenvalue weighted by molar-refractivity contribution is 8.13. The molecule has 0 saturated carbocycles. The number of hydrogen-bond donors (Lipinski definition) is 1. The van der Waals surface area contributed by atoms with Crippen LogP contribution in [0.5, 0.6) is 0 Å². The average molecular weight is 301 g/mol. The summed E-state index contributed by atoms with van der Waals surface area (Å²) in [6.45, 7) is 2.01. The lowest BCUT2D eigenvalue weighted by atomic mass is 10.1. The minimum Gasteiger partial charge on any atom is -0.394 e. The van der Waals surface area contributed by atoms with Crippen LogP contribution in [0, 0.1) is 5.92 Å². The summed E-state index contributed by atoms with van der Waals surface area (Å²) in [5.41, 5.74) is 6.08. The molecule has 1 atom stereocenters.